The zero-order valence-corrected chi connectivity index (χ0v) is 13.6. The summed E-state index contributed by atoms with van der Waals surface area (Å²) in [5.74, 6) is -0.592. The van der Waals surface area contributed by atoms with E-state index in [1.807, 2.05) is 0 Å². The highest BCUT2D eigenvalue weighted by molar-refractivity contribution is 6.00. The third-order valence-electron chi connectivity index (χ3n) is 3.73. The van der Waals surface area contributed by atoms with Gasteiger partial charge in [0.05, 0.1) is 0 Å². The molecule has 2 amide bonds. The number of carbonyl (C=O) groups excluding carboxylic acids is 2. The molecule has 0 radical (unpaired) electrons. The molecule has 2 aromatic carbocycles. The number of amides is 2. The van der Waals surface area contributed by atoms with E-state index in [1.165, 1.54) is 6.20 Å². The summed E-state index contributed by atoms with van der Waals surface area (Å²) in [5.41, 5.74) is 19.1. The maximum Gasteiger partial charge on any atom is 0.249 e. The Bertz CT molecular complexity index is 985. The second kappa shape index (κ2) is 6.89. The van der Waals surface area contributed by atoms with Crippen LogP contribution in [0.2, 0.25) is 0 Å². The standard InChI is InChI=1S/C18H16N6O2/c19-15-14(12-3-1-2-4-13(12)17(21)26)9-22-18(24-15)23-11-7-5-10(6-8-11)16(20)25/h1-9H,(H2,20,25)(H2,21,26)(H3,19,22,23,24). The van der Waals surface area contributed by atoms with Crippen molar-refractivity contribution in [2.75, 3.05) is 11.1 Å². The summed E-state index contributed by atoms with van der Waals surface area (Å²) in [7, 11) is 0. The van der Waals surface area contributed by atoms with E-state index in [0.717, 1.165) is 0 Å². The lowest BCUT2D eigenvalue weighted by Gasteiger charge is -2.11. The average Bonchev–Trinajstić information content (AvgIpc) is 2.62. The monoisotopic (exact) mass is 348 g/mol. The molecular formula is C18H16N6O2. The highest BCUT2D eigenvalue weighted by atomic mass is 16.1. The second-order valence-corrected chi connectivity index (χ2v) is 5.47. The van der Waals surface area contributed by atoms with Crippen LogP contribution in [0.1, 0.15) is 20.7 Å². The van der Waals surface area contributed by atoms with Crippen molar-refractivity contribution in [2.24, 2.45) is 11.5 Å². The van der Waals surface area contributed by atoms with Crippen LogP contribution >= 0.6 is 0 Å². The van der Waals surface area contributed by atoms with Crippen LogP contribution in [-0.4, -0.2) is 21.8 Å². The molecule has 0 fully saturated rings. The number of hydrogen-bond donors (Lipinski definition) is 4. The molecule has 0 bridgehead atoms. The number of nitrogens with two attached hydrogens (primary N) is 3. The summed E-state index contributed by atoms with van der Waals surface area (Å²) in [6.45, 7) is 0. The van der Waals surface area contributed by atoms with Crippen molar-refractivity contribution in [2.45, 2.75) is 0 Å². The van der Waals surface area contributed by atoms with E-state index in [-0.39, 0.29) is 11.8 Å². The maximum absolute atomic E-state index is 11.6. The largest absolute Gasteiger partial charge is 0.383 e. The average molecular weight is 348 g/mol. The Morgan fingerprint density at radius 1 is 0.885 bits per heavy atom. The number of aromatic nitrogens is 2. The Kier molecular flexibility index (Phi) is 4.48. The molecule has 1 heterocycles. The van der Waals surface area contributed by atoms with Crippen LogP contribution in [0.4, 0.5) is 17.5 Å². The number of anilines is 3. The van der Waals surface area contributed by atoms with Crippen LogP contribution < -0.4 is 22.5 Å². The first-order valence-corrected chi connectivity index (χ1v) is 7.64. The Morgan fingerprint density at radius 3 is 2.19 bits per heavy atom. The molecule has 0 aliphatic rings. The summed E-state index contributed by atoms with van der Waals surface area (Å²) >= 11 is 0. The molecule has 0 aliphatic heterocycles. The summed E-state index contributed by atoms with van der Waals surface area (Å²) < 4.78 is 0. The van der Waals surface area contributed by atoms with Gasteiger partial charge in [-0.3, -0.25) is 9.59 Å². The number of carbonyl (C=O) groups is 2. The molecule has 3 aromatic rings. The zero-order valence-electron chi connectivity index (χ0n) is 13.6. The van der Waals surface area contributed by atoms with E-state index in [2.05, 4.69) is 15.3 Å². The number of nitrogens with one attached hydrogen (secondary N) is 1. The molecule has 0 aliphatic carbocycles. The molecule has 8 heteroatoms. The van der Waals surface area contributed by atoms with Crippen molar-refractivity contribution >= 4 is 29.3 Å². The van der Waals surface area contributed by atoms with Crippen LogP contribution in [0, 0.1) is 0 Å². The Balaban J connectivity index is 1.88. The number of nitrogens with zero attached hydrogens (tertiary/aromatic N) is 2. The van der Waals surface area contributed by atoms with E-state index in [4.69, 9.17) is 17.2 Å². The molecule has 0 saturated heterocycles. The predicted molar refractivity (Wildman–Crippen MR) is 98.6 cm³/mol. The van der Waals surface area contributed by atoms with Gasteiger partial charge >= 0.3 is 0 Å². The second-order valence-electron chi connectivity index (χ2n) is 5.47. The van der Waals surface area contributed by atoms with E-state index < -0.39 is 11.8 Å². The van der Waals surface area contributed by atoms with Crippen LogP contribution in [-0.2, 0) is 0 Å². The fourth-order valence-electron chi connectivity index (χ4n) is 2.44. The minimum absolute atomic E-state index is 0.199. The molecule has 26 heavy (non-hydrogen) atoms. The minimum Gasteiger partial charge on any atom is -0.383 e. The number of rotatable bonds is 5. The molecule has 0 atom stereocenters. The van der Waals surface area contributed by atoms with E-state index >= 15 is 0 Å². The summed E-state index contributed by atoms with van der Waals surface area (Å²) in [6.07, 6.45) is 1.52. The first-order valence-electron chi connectivity index (χ1n) is 7.64. The first-order chi connectivity index (χ1) is 12.5. The lowest BCUT2D eigenvalue weighted by atomic mass is 10.0. The summed E-state index contributed by atoms with van der Waals surface area (Å²) in [6, 6.07) is 13.4. The van der Waals surface area contributed by atoms with Gasteiger partial charge in [-0.15, -0.1) is 0 Å². The fourth-order valence-corrected chi connectivity index (χ4v) is 2.44. The first kappa shape index (κ1) is 16.9. The molecule has 130 valence electrons. The fraction of sp³-hybridized carbons (Fsp3) is 0. The van der Waals surface area contributed by atoms with Crippen molar-refractivity contribution in [3.05, 3.63) is 65.9 Å². The van der Waals surface area contributed by atoms with Crippen LogP contribution in [0.3, 0.4) is 0 Å². The smallest absolute Gasteiger partial charge is 0.249 e. The Hall–Kier alpha value is -3.94. The van der Waals surface area contributed by atoms with Gasteiger partial charge in [0, 0.05) is 28.6 Å². The van der Waals surface area contributed by atoms with Crippen LogP contribution in [0.25, 0.3) is 11.1 Å². The van der Waals surface area contributed by atoms with E-state index in [0.29, 0.717) is 27.9 Å². The van der Waals surface area contributed by atoms with Gasteiger partial charge in [-0.05, 0) is 35.9 Å². The van der Waals surface area contributed by atoms with Gasteiger partial charge in [-0.2, -0.15) is 4.98 Å². The number of nitrogen functional groups attached to an aromatic ring is 1. The third-order valence-corrected chi connectivity index (χ3v) is 3.73. The lowest BCUT2D eigenvalue weighted by Crippen LogP contribution is -2.13. The van der Waals surface area contributed by atoms with Gasteiger partial charge in [0.2, 0.25) is 17.8 Å². The van der Waals surface area contributed by atoms with Crippen molar-refractivity contribution < 1.29 is 9.59 Å². The summed E-state index contributed by atoms with van der Waals surface area (Å²) in [4.78, 5) is 31.1. The van der Waals surface area contributed by atoms with Gasteiger partial charge < -0.3 is 22.5 Å². The summed E-state index contributed by atoms with van der Waals surface area (Å²) in [5, 5.41) is 2.98. The van der Waals surface area contributed by atoms with Crippen molar-refractivity contribution in [1.29, 1.82) is 0 Å². The van der Waals surface area contributed by atoms with Crippen molar-refractivity contribution in [3.63, 3.8) is 0 Å². The third kappa shape index (κ3) is 3.44. The Labute approximate surface area is 149 Å². The van der Waals surface area contributed by atoms with Crippen molar-refractivity contribution in [3.8, 4) is 11.1 Å². The van der Waals surface area contributed by atoms with Crippen molar-refractivity contribution in [1.82, 2.24) is 9.97 Å². The van der Waals surface area contributed by atoms with Crippen LogP contribution in [0.15, 0.2) is 54.7 Å². The molecule has 0 unspecified atom stereocenters. The quantitative estimate of drug-likeness (QED) is 0.550. The van der Waals surface area contributed by atoms with Crippen LogP contribution in [0.5, 0.6) is 0 Å². The highest BCUT2D eigenvalue weighted by Crippen LogP contribution is 2.28. The lowest BCUT2D eigenvalue weighted by molar-refractivity contribution is 0.0992. The Morgan fingerprint density at radius 2 is 1.58 bits per heavy atom. The van der Waals surface area contributed by atoms with Gasteiger partial charge in [-0.25, -0.2) is 4.98 Å². The highest BCUT2D eigenvalue weighted by Gasteiger charge is 2.13. The number of benzene rings is 2. The number of hydrogen-bond acceptors (Lipinski definition) is 6. The zero-order chi connectivity index (χ0) is 18.7. The molecule has 8 nitrogen and oxygen atoms in total. The molecule has 7 N–H and O–H groups in total. The molecular weight excluding hydrogens is 332 g/mol. The minimum atomic E-state index is -0.559. The molecule has 0 saturated carbocycles. The normalized spacial score (nSPS) is 10.3. The predicted octanol–water partition coefficient (Wildman–Crippen LogP) is 1.67. The van der Waals surface area contributed by atoms with E-state index in [9.17, 15) is 9.59 Å². The number of primary amides is 2. The van der Waals surface area contributed by atoms with Gasteiger partial charge in [0.15, 0.2) is 0 Å². The van der Waals surface area contributed by atoms with Gasteiger partial charge in [-0.1, -0.05) is 18.2 Å². The molecule has 3 rings (SSSR count). The van der Waals surface area contributed by atoms with E-state index in [1.54, 1.807) is 48.5 Å². The molecule has 1 aromatic heterocycles. The SMILES string of the molecule is NC(=O)c1ccc(Nc2ncc(-c3ccccc3C(N)=O)c(N)n2)cc1. The van der Waals surface area contributed by atoms with Gasteiger partial charge in [0.1, 0.15) is 5.82 Å². The topological polar surface area (TPSA) is 150 Å². The molecule has 0 spiro atoms. The van der Waals surface area contributed by atoms with Gasteiger partial charge in [0.25, 0.3) is 0 Å². The maximum atomic E-state index is 11.6.